The summed E-state index contributed by atoms with van der Waals surface area (Å²) in [6.07, 6.45) is 0. The summed E-state index contributed by atoms with van der Waals surface area (Å²) >= 11 is 0. The van der Waals surface area contributed by atoms with E-state index in [1.54, 1.807) is 32.4 Å². The van der Waals surface area contributed by atoms with Gasteiger partial charge in [0.15, 0.2) is 0 Å². The number of amides is 1. The zero-order valence-corrected chi connectivity index (χ0v) is 9.16. The molecule has 0 aliphatic carbocycles. The summed E-state index contributed by atoms with van der Waals surface area (Å²) in [6.45, 7) is 2.47. The fraction of sp³-hybridized carbons (Fsp3) is 0.364. The maximum atomic E-state index is 11.6. The van der Waals surface area contributed by atoms with E-state index < -0.39 is 0 Å². The average molecular weight is 209 g/mol. The van der Waals surface area contributed by atoms with Crippen molar-refractivity contribution in [3.05, 3.63) is 23.8 Å². The zero-order chi connectivity index (χ0) is 11.3. The molecule has 82 valence electrons. The van der Waals surface area contributed by atoms with Crippen molar-refractivity contribution in [2.24, 2.45) is 0 Å². The number of carbonyl (C=O) groups is 1. The van der Waals surface area contributed by atoms with E-state index in [1.165, 1.54) is 0 Å². The highest BCUT2D eigenvalue weighted by Gasteiger charge is 2.08. The third-order valence-corrected chi connectivity index (χ3v) is 1.95. The maximum Gasteiger partial charge on any atom is 0.251 e. The number of hydrogen-bond donors (Lipinski definition) is 1. The second-order valence-electron chi connectivity index (χ2n) is 2.96. The van der Waals surface area contributed by atoms with Crippen molar-refractivity contribution in [2.45, 2.75) is 6.92 Å². The van der Waals surface area contributed by atoms with E-state index in [1.807, 2.05) is 6.92 Å². The van der Waals surface area contributed by atoms with E-state index in [9.17, 15) is 4.79 Å². The Morgan fingerprint density at radius 3 is 2.13 bits per heavy atom. The summed E-state index contributed by atoms with van der Waals surface area (Å²) in [7, 11) is 3.10. The van der Waals surface area contributed by atoms with Crippen LogP contribution in [0.25, 0.3) is 0 Å². The Balaban J connectivity index is 3.01. The van der Waals surface area contributed by atoms with Crippen LogP contribution in [0.5, 0.6) is 11.5 Å². The van der Waals surface area contributed by atoms with Gasteiger partial charge in [0, 0.05) is 18.2 Å². The molecule has 15 heavy (non-hydrogen) atoms. The fourth-order valence-corrected chi connectivity index (χ4v) is 1.20. The molecule has 4 nitrogen and oxygen atoms in total. The number of nitrogens with one attached hydrogen (secondary N) is 1. The van der Waals surface area contributed by atoms with E-state index in [-0.39, 0.29) is 5.91 Å². The van der Waals surface area contributed by atoms with Crippen LogP contribution in [-0.2, 0) is 0 Å². The number of benzene rings is 1. The Morgan fingerprint density at radius 1 is 1.20 bits per heavy atom. The van der Waals surface area contributed by atoms with Crippen LogP contribution in [0.3, 0.4) is 0 Å². The van der Waals surface area contributed by atoms with Gasteiger partial charge in [0.05, 0.1) is 14.2 Å². The highest BCUT2D eigenvalue weighted by molar-refractivity contribution is 5.95. The first-order chi connectivity index (χ1) is 7.21. The normalized spacial score (nSPS) is 9.53. The van der Waals surface area contributed by atoms with Gasteiger partial charge in [0.25, 0.3) is 5.91 Å². The molecule has 0 unspecified atom stereocenters. The molecule has 0 aromatic heterocycles. The van der Waals surface area contributed by atoms with E-state index in [0.717, 1.165) is 0 Å². The second kappa shape index (κ2) is 5.24. The van der Waals surface area contributed by atoms with Crippen LogP contribution in [0.2, 0.25) is 0 Å². The summed E-state index contributed by atoms with van der Waals surface area (Å²) in [5, 5.41) is 2.71. The molecule has 0 fully saturated rings. The lowest BCUT2D eigenvalue weighted by molar-refractivity contribution is 0.0955. The molecule has 1 aromatic rings. The molecule has 1 rings (SSSR count). The summed E-state index contributed by atoms with van der Waals surface area (Å²) in [6, 6.07) is 5.07. The predicted molar refractivity (Wildman–Crippen MR) is 57.6 cm³/mol. The third-order valence-electron chi connectivity index (χ3n) is 1.95. The van der Waals surface area contributed by atoms with Crippen LogP contribution >= 0.6 is 0 Å². The summed E-state index contributed by atoms with van der Waals surface area (Å²) in [4.78, 5) is 11.6. The molecule has 0 spiro atoms. The first-order valence-corrected chi connectivity index (χ1v) is 4.72. The standard InChI is InChI=1S/C11H15NO3/c1-4-12-11(13)8-5-9(14-2)7-10(6-8)15-3/h5-7H,4H2,1-3H3,(H,12,13). The maximum absolute atomic E-state index is 11.6. The molecular formula is C11H15NO3. The summed E-state index contributed by atoms with van der Waals surface area (Å²) in [5.74, 6) is 1.08. The molecule has 0 radical (unpaired) electrons. The van der Waals surface area contributed by atoms with Gasteiger partial charge in [-0.1, -0.05) is 0 Å². The van der Waals surface area contributed by atoms with Gasteiger partial charge in [-0.05, 0) is 19.1 Å². The molecule has 1 amide bonds. The number of carbonyl (C=O) groups excluding carboxylic acids is 1. The van der Waals surface area contributed by atoms with Crippen LogP contribution in [0.15, 0.2) is 18.2 Å². The predicted octanol–water partition coefficient (Wildman–Crippen LogP) is 1.45. The van der Waals surface area contributed by atoms with Crippen LogP contribution in [-0.4, -0.2) is 26.7 Å². The Morgan fingerprint density at radius 2 is 1.73 bits per heavy atom. The van der Waals surface area contributed by atoms with Crippen molar-refractivity contribution < 1.29 is 14.3 Å². The Hall–Kier alpha value is -1.71. The van der Waals surface area contributed by atoms with Crippen molar-refractivity contribution >= 4 is 5.91 Å². The number of hydrogen-bond acceptors (Lipinski definition) is 3. The van der Waals surface area contributed by atoms with Gasteiger partial charge in [0.1, 0.15) is 11.5 Å². The smallest absolute Gasteiger partial charge is 0.251 e. The third kappa shape index (κ3) is 2.87. The van der Waals surface area contributed by atoms with Gasteiger partial charge in [-0.2, -0.15) is 0 Å². The molecule has 0 aliphatic heterocycles. The first-order valence-electron chi connectivity index (χ1n) is 4.72. The van der Waals surface area contributed by atoms with Crippen LogP contribution in [0.1, 0.15) is 17.3 Å². The molecular weight excluding hydrogens is 194 g/mol. The average Bonchev–Trinajstić information content (AvgIpc) is 2.28. The van der Waals surface area contributed by atoms with Crippen LogP contribution < -0.4 is 14.8 Å². The second-order valence-corrected chi connectivity index (χ2v) is 2.96. The van der Waals surface area contributed by atoms with E-state index in [0.29, 0.717) is 23.6 Å². The van der Waals surface area contributed by atoms with Gasteiger partial charge in [-0.15, -0.1) is 0 Å². The lowest BCUT2D eigenvalue weighted by atomic mass is 10.2. The fourth-order valence-electron chi connectivity index (χ4n) is 1.20. The minimum Gasteiger partial charge on any atom is -0.497 e. The van der Waals surface area contributed by atoms with Crippen molar-refractivity contribution in [1.82, 2.24) is 5.32 Å². The van der Waals surface area contributed by atoms with Gasteiger partial charge in [-0.25, -0.2) is 0 Å². The Labute approximate surface area is 89.2 Å². The van der Waals surface area contributed by atoms with Crippen molar-refractivity contribution in [3.8, 4) is 11.5 Å². The largest absolute Gasteiger partial charge is 0.497 e. The van der Waals surface area contributed by atoms with E-state index in [2.05, 4.69) is 5.32 Å². The number of rotatable bonds is 4. The minimum atomic E-state index is -0.130. The van der Waals surface area contributed by atoms with E-state index in [4.69, 9.17) is 9.47 Å². The SMILES string of the molecule is CCNC(=O)c1cc(OC)cc(OC)c1. The van der Waals surface area contributed by atoms with Crippen LogP contribution in [0.4, 0.5) is 0 Å². The van der Waals surface area contributed by atoms with Gasteiger partial charge in [0.2, 0.25) is 0 Å². The van der Waals surface area contributed by atoms with Crippen LogP contribution in [0, 0.1) is 0 Å². The first kappa shape index (κ1) is 11.4. The molecule has 1 N–H and O–H groups in total. The quantitative estimate of drug-likeness (QED) is 0.816. The molecule has 0 atom stereocenters. The van der Waals surface area contributed by atoms with Gasteiger partial charge >= 0.3 is 0 Å². The molecule has 0 bridgehead atoms. The molecule has 0 saturated heterocycles. The molecule has 0 aliphatic rings. The zero-order valence-electron chi connectivity index (χ0n) is 9.16. The number of ether oxygens (including phenoxy) is 2. The minimum absolute atomic E-state index is 0.130. The summed E-state index contributed by atoms with van der Waals surface area (Å²) < 4.78 is 10.1. The van der Waals surface area contributed by atoms with Crippen molar-refractivity contribution in [1.29, 1.82) is 0 Å². The molecule has 4 heteroatoms. The van der Waals surface area contributed by atoms with Crippen molar-refractivity contribution in [3.63, 3.8) is 0 Å². The van der Waals surface area contributed by atoms with Crippen molar-refractivity contribution in [2.75, 3.05) is 20.8 Å². The van der Waals surface area contributed by atoms with Gasteiger partial charge < -0.3 is 14.8 Å². The monoisotopic (exact) mass is 209 g/mol. The lowest BCUT2D eigenvalue weighted by Gasteiger charge is -2.08. The summed E-state index contributed by atoms with van der Waals surface area (Å²) in [5.41, 5.74) is 0.535. The number of methoxy groups -OCH3 is 2. The lowest BCUT2D eigenvalue weighted by Crippen LogP contribution is -2.22. The highest BCUT2D eigenvalue weighted by atomic mass is 16.5. The molecule has 0 saturated carbocycles. The molecule has 0 heterocycles. The highest BCUT2D eigenvalue weighted by Crippen LogP contribution is 2.22. The topological polar surface area (TPSA) is 47.6 Å². The van der Waals surface area contributed by atoms with Gasteiger partial charge in [-0.3, -0.25) is 4.79 Å². The Kier molecular flexibility index (Phi) is 3.97. The van der Waals surface area contributed by atoms with E-state index >= 15 is 0 Å². The Bertz CT molecular complexity index is 327. The molecule has 1 aromatic carbocycles.